The molecule has 0 bridgehead atoms. The van der Waals surface area contributed by atoms with E-state index in [9.17, 15) is 0 Å². The summed E-state index contributed by atoms with van der Waals surface area (Å²) in [4.78, 5) is 7.65. The van der Waals surface area contributed by atoms with Crippen LogP contribution in [-0.4, -0.2) is 29.5 Å². The normalized spacial score (nSPS) is 28.8. The van der Waals surface area contributed by atoms with E-state index >= 15 is 0 Å². The van der Waals surface area contributed by atoms with Gasteiger partial charge in [-0.05, 0) is 68.2 Å². The van der Waals surface area contributed by atoms with E-state index in [0.29, 0.717) is 35.6 Å². The molecule has 2 rings (SSSR count). The van der Waals surface area contributed by atoms with Gasteiger partial charge in [0, 0.05) is 29.9 Å². The van der Waals surface area contributed by atoms with E-state index in [4.69, 9.17) is 4.98 Å². The Morgan fingerprint density at radius 1 is 1.00 bits per heavy atom. The van der Waals surface area contributed by atoms with Crippen molar-refractivity contribution in [1.29, 1.82) is 0 Å². The number of rotatable bonds is 2. The lowest BCUT2D eigenvalue weighted by Gasteiger charge is -2.42. The molecule has 0 amide bonds. The van der Waals surface area contributed by atoms with Gasteiger partial charge in [0.2, 0.25) is 0 Å². The van der Waals surface area contributed by atoms with E-state index in [1.165, 1.54) is 17.0 Å². The van der Waals surface area contributed by atoms with Crippen LogP contribution in [0.15, 0.2) is 0 Å². The van der Waals surface area contributed by atoms with Gasteiger partial charge in [0.1, 0.15) is 0 Å². The first-order valence-corrected chi connectivity index (χ1v) is 9.78. The van der Waals surface area contributed by atoms with Gasteiger partial charge in [0.25, 0.3) is 0 Å². The summed E-state index contributed by atoms with van der Waals surface area (Å²) in [6.45, 7) is 22.2. The van der Waals surface area contributed by atoms with E-state index in [-0.39, 0.29) is 0 Å². The van der Waals surface area contributed by atoms with Crippen molar-refractivity contribution >= 4 is 0 Å². The standard InChI is InChI=1S/C22H38N2/c1-12(2)19-11-24(10)18(9)14(5)15(6)20-16(7)17(8)23-22(13(3)4)21(19)20/h12-15,18-19H,11H2,1-10H3/t14-,15+,18-,19?/m1/s1. The molecule has 1 aromatic rings. The van der Waals surface area contributed by atoms with E-state index in [1.807, 2.05) is 0 Å². The lowest BCUT2D eigenvalue weighted by Crippen LogP contribution is -2.42. The quantitative estimate of drug-likeness (QED) is 0.698. The van der Waals surface area contributed by atoms with Crippen LogP contribution in [0.25, 0.3) is 0 Å². The van der Waals surface area contributed by atoms with E-state index in [2.05, 4.69) is 74.3 Å². The predicted molar refractivity (Wildman–Crippen MR) is 105 cm³/mol. The molecule has 0 saturated heterocycles. The third-order valence-electron chi connectivity index (χ3n) is 6.71. The van der Waals surface area contributed by atoms with Gasteiger partial charge in [-0.1, -0.05) is 41.5 Å². The molecular weight excluding hydrogens is 292 g/mol. The van der Waals surface area contributed by atoms with Gasteiger partial charge in [-0.2, -0.15) is 0 Å². The van der Waals surface area contributed by atoms with Crippen LogP contribution in [0.2, 0.25) is 0 Å². The summed E-state index contributed by atoms with van der Waals surface area (Å²) in [6.07, 6.45) is 0. The van der Waals surface area contributed by atoms with Gasteiger partial charge in [0.15, 0.2) is 0 Å². The predicted octanol–water partition coefficient (Wildman–Crippen LogP) is 5.63. The van der Waals surface area contributed by atoms with Crippen molar-refractivity contribution in [3.8, 4) is 0 Å². The lowest BCUT2D eigenvalue weighted by molar-refractivity contribution is 0.154. The first-order valence-electron chi connectivity index (χ1n) is 9.78. The van der Waals surface area contributed by atoms with E-state index < -0.39 is 0 Å². The molecule has 1 aliphatic heterocycles. The van der Waals surface area contributed by atoms with E-state index in [0.717, 1.165) is 6.54 Å². The second-order valence-corrected chi connectivity index (χ2v) is 8.87. The molecule has 1 aliphatic rings. The fraction of sp³-hybridized carbons (Fsp3) is 0.773. The molecule has 0 aromatic carbocycles. The summed E-state index contributed by atoms with van der Waals surface area (Å²) in [7, 11) is 2.30. The number of hydrogen-bond acceptors (Lipinski definition) is 2. The molecular formula is C22H38N2. The molecule has 2 nitrogen and oxygen atoms in total. The van der Waals surface area contributed by atoms with Crippen molar-refractivity contribution < 1.29 is 0 Å². The second-order valence-electron chi connectivity index (χ2n) is 8.87. The van der Waals surface area contributed by atoms with Crippen LogP contribution in [0.1, 0.15) is 94.3 Å². The Hall–Kier alpha value is -0.890. The molecule has 0 fully saturated rings. The van der Waals surface area contributed by atoms with Crippen LogP contribution in [0.4, 0.5) is 0 Å². The minimum atomic E-state index is 0.476. The molecule has 0 N–H and O–H groups in total. The van der Waals surface area contributed by atoms with Crippen molar-refractivity contribution in [3.63, 3.8) is 0 Å². The molecule has 0 radical (unpaired) electrons. The average Bonchev–Trinajstić information content (AvgIpc) is 2.51. The van der Waals surface area contributed by atoms with Gasteiger partial charge in [0.05, 0.1) is 0 Å². The van der Waals surface area contributed by atoms with Crippen LogP contribution in [-0.2, 0) is 0 Å². The fourth-order valence-corrected chi connectivity index (χ4v) is 4.47. The minimum Gasteiger partial charge on any atom is -0.303 e. The number of likely N-dealkylation sites (N-methyl/N-ethyl adjacent to an activating group) is 1. The highest BCUT2D eigenvalue weighted by atomic mass is 15.1. The molecule has 136 valence electrons. The molecule has 0 aliphatic carbocycles. The summed E-state index contributed by atoms with van der Waals surface area (Å²) < 4.78 is 0. The molecule has 2 heteroatoms. The Kier molecular flexibility index (Phi) is 5.79. The Balaban J connectivity index is 2.83. The highest BCUT2D eigenvalue weighted by Gasteiger charge is 2.36. The van der Waals surface area contributed by atoms with Crippen molar-refractivity contribution in [2.24, 2.45) is 11.8 Å². The molecule has 1 aromatic heterocycles. The zero-order chi connectivity index (χ0) is 18.3. The Labute approximate surface area is 150 Å². The van der Waals surface area contributed by atoms with Crippen LogP contribution in [0.3, 0.4) is 0 Å². The summed E-state index contributed by atoms with van der Waals surface area (Å²) in [6, 6.07) is 0.602. The molecule has 24 heavy (non-hydrogen) atoms. The largest absolute Gasteiger partial charge is 0.303 e. The number of nitrogens with zero attached hydrogens (tertiary/aromatic N) is 2. The number of fused-ring (bicyclic) bond motifs is 1. The number of aryl methyl sites for hydroxylation is 1. The van der Waals surface area contributed by atoms with Gasteiger partial charge in [-0.15, -0.1) is 0 Å². The van der Waals surface area contributed by atoms with E-state index in [1.54, 1.807) is 11.1 Å². The summed E-state index contributed by atoms with van der Waals surface area (Å²) in [5, 5.41) is 0. The van der Waals surface area contributed by atoms with Gasteiger partial charge in [-0.25, -0.2) is 0 Å². The molecule has 4 atom stereocenters. The lowest BCUT2D eigenvalue weighted by atomic mass is 9.71. The number of hydrogen-bond donors (Lipinski definition) is 0. The maximum Gasteiger partial charge on any atom is 0.0470 e. The highest BCUT2D eigenvalue weighted by Crippen LogP contribution is 2.44. The maximum absolute atomic E-state index is 5.08. The second kappa shape index (κ2) is 7.15. The topological polar surface area (TPSA) is 16.1 Å². The first-order chi connectivity index (χ1) is 11.1. The number of aromatic nitrogens is 1. The third kappa shape index (κ3) is 3.27. The summed E-state index contributed by atoms with van der Waals surface area (Å²) >= 11 is 0. The Bertz CT molecular complexity index is 588. The van der Waals surface area contributed by atoms with Gasteiger partial charge < -0.3 is 4.90 Å². The fourth-order valence-electron chi connectivity index (χ4n) is 4.47. The minimum absolute atomic E-state index is 0.476. The van der Waals surface area contributed by atoms with Crippen molar-refractivity contribution in [3.05, 3.63) is 28.1 Å². The number of pyridine rings is 1. The molecule has 1 unspecified atom stereocenters. The van der Waals surface area contributed by atoms with Crippen LogP contribution >= 0.6 is 0 Å². The first kappa shape index (κ1) is 19.4. The molecule has 0 spiro atoms. The maximum atomic E-state index is 5.08. The SMILES string of the molecule is Cc1nc(C(C)C)c2c(c1C)[C@@H](C)[C@@H](C)[C@@H](C)N(C)CC2C(C)C. The van der Waals surface area contributed by atoms with Crippen LogP contribution in [0, 0.1) is 25.7 Å². The van der Waals surface area contributed by atoms with Crippen LogP contribution < -0.4 is 0 Å². The third-order valence-corrected chi connectivity index (χ3v) is 6.71. The molecule has 2 heterocycles. The van der Waals surface area contributed by atoms with Crippen molar-refractivity contribution in [2.45, 2.75) is 86.1 Å². The van der Waals surface area contributed by atoms with Gasteiger partial charge in [-0.3, -0.25) is 4.98 Å². The summed E-state index contributed by atoms with van der Waals surface area (Å²) in [5.41, 5.74) is 7.17. The smallest absolute Gasteiger partial charge is 0.0470 e. The average molecular weight is 331 g/mol. The molecule has 0 saturated carbocycles. The Morgan fingerprint density at radius 2 is 1.58 bits per heavy atom. The van der Waals surface area contributed by atoms with Crippen molar-refractivity contribution in [1.82, 2.24) is 9.88 Å². The van der Waals surface area contributed by atoms with Crippen molar-refractivity contribution in [2.75, 3.05) is 13.6 Å². The zero-order valence-electron chi connectivity index (χ0n) is 17.6. The van der Waals surface area contributed by atoms with Gasteiger partial charge >= 0.3 is 0 Å². The van der Waals surface area contributed by atoms with Crippen LogP contribution in [0.5, 0.6) is 0 Å². The monoisotopic (exact) mass is 330 g/mol. The Morgan fingerprint density at radius 3 is 2.08 bits per heavy atom. The summed E-state index contributed by atoms with van der Waals surface area (Å²) in [5.74, 6) is 2.87. The zero-order valence-corrected chi connectivity index (χ0v) is 17.6. The highest BCUT2D eigenvalue weighted by molar-refractivity contribution is 5.46.